The first-order valence-corrected chi connectivity index (χ1v) is 9.45. The first kappa shape index (κ1) is 21.4. The van der Waals surface area contributed by atoms with E-state index in [-0.39, 0.29) is 22.9 Å². The fourth-order valence-electron chi connectivity index (χ4n) is 4.46. The molecule has 0 amide bonds. The minimum atomic E-state index is -4.62. The summed E-state index contributed by atoms with van der Waals surface area (Å²) in [7, 11) is 0. The summed E-state index contributed by atoms with van der Waals surface area (Å²) in [6.07, 6.45) is -2.91. The molecule has 5 nitrogen and oxygen atoms in total. The molecule has 0 aromatic heterocycles. The lowest BCUT2D eigenvalue weighted by atomic mass is 9.59. The molecule has 0 saturated heterocycles. The number of nitrogens with two attached hydrogens (primary N) is 1. The van der Waals surface area contributed by atoms with Crippen molar-refractivity contribution in [2.24, 2.45) is 17.1 Å². The SMILES string of the molecule is CC(C)N1CC=C2[C@@H](C1)[C@H](c1ccccc1C(F)(F)F)C(C#N)=C(N)C2(C#N)C#N. The van der Waals surface area contributed by atoms with E-state index in [0.717, 1.165) is 6.07 Å². The van der Waals surface area contributed by atoms with Gasteiger partial charge in [0.25, 0.3) is 0 Å². The van der Waals surface area contributed by atoms with Crippen LogP contribution in [0.3, 0.4) is 0 Å². The fourth-order valence-corrected chi connectivity index (χ4v) is 4.46. The van der Waals surface area contributed by atoms with Crippen molar-refractivity contribution in [2.45, 2.75) is 32.0 Å². The standard InChI is InChI=1S/C22H20F3N5/c1-13(2)30-8-7-17-16(10-30)19(14-5-3-4-6-18(14)22(23,24)25)15(9-26)20(29)21(17,11-27)12-28/h3-7,13,16,19H,8,10,29H2,1-2H3/t16-,19-/m1/s1. The molecular formula is C22H20F3N5. The lowest BCUT2D eigenvalue weighted by molar-refractivity contribution is -0.138. The Morgan fingerprint density at radius 2 is 1.80 bits per heavy atom. The van der Waals surface area contributed by atoms with E-state index in [0.29, 0.717) is 18.7 Å². The van der Waals surface area contributed by atoms with Gasteiger partial charge in [-0.1, -0.05) is 24.3 Å². The molecule has 3 rings (SSSR count). The van der Waals surface area contributed by atoms with E-state index < -0.39 is 29.0 Å². The minimum Gasteiger partial charge on any atom is -0.399 e. The van der Waals surface area contributed by atoms with Crippen molar-refractivity contribution in [2.75, 3.05) is 13.1 Å². The van der Waals surface area contributed by atoms with Gasteiger partial charge in [-0.05, 0) is 31.1 Å². The molecule has 30 heavy (non-hydrogen) atoms. The van der Waals surface area contributed by atoms with Crippen LogP contribution in [-0.4, -0.2) is 24.0 Å². The number of allylic oxidation sites excluding steroid dienone is 2. The summed E-state index contributed by atoms with van der Waals surface area (Å²) in [5.41, 5.74) is 3.32. The molecule has 0 fully saturated rings. The number of halogens is 3. The van der Waals surface area contributed by atoms with Gasteiger partial charge in [0, 0.05) is 31.0 Å². The largest absolute Gasteiger partial charge is 0.416 e. The van der Waals surface area contributed by atoms with Crippen LogP contribution < -0.4 is 5.73 Å². The van der Waals surface area contributed by atoms with Gasteiger partial charge in [-0.25, -0.2) is 0 Å². The maximum absolute atomic E-state index is 13.8. The van der Waals surface area contributed by atoms with Gasteiger partial charge in [0.05, 0.1) is 35.0 Å². The fraction of sp³-hybridized carbons (Fsp3) is 0.409. The molecule has 0 unspecified atom stereocenters. The maximum atomic E-state index is 13.8. The van der Waals surface area contributed by atoms with E-state index in [1.807, 2.05) is 37.0 Å². The molecule has 0 bridgehead atoms. The van der Waals surface area contributed by atoms with Crippen LogP contribution in [0.1, 0.15) is 30.9 Å². The number of hydrogen-bond donors (Lipinski definition) is 1. The van der Waals surface area contributed by atoms with Crippen LogP contribution in [0.5, 0.6) is 0 Å². The maximum Gasteiger partial charge on any atom is 0.416 e. The Morgan fingerprint density at radius 3 is 2.33 bits per heavy atom. The van der Waals surface area contributed by atoms with Gasteiger partial charge in [-0.3, -0.25) is 4.90 Å². The second-order valence-electron chi connectivity index (χ2n) is 7.79. The third-order valence-corrected chi connectivity index (χ3v) is 6.00. The van der Waals surface area contributed by atoms with E-state index >= 15 is 0 Å². The predicted molar refractivity (Wildman–Crippen MR) is 103 cm³/mol. The molecule has 8 heteroatoms. The molecule has 0 spiro atoms. The molecule has 1 heterocycles. The van der Waals surface area contributed by atoms with Gasteiger partial charge in [0.15, 0.2) is 0 Å². The molecule has 1 aliphatic heterocycles. The summed E-state index contributed by atoms with van der Waals surface area (Å²) in [4.78, 5) is 2.04. The average molecular weight is 411 g/mol. The predicted octanol–water partition coefficient (Wildman–Crippen LogP) is 3.84. The van der Waals surface area contributed by atoms with Crippen molar-refractivity contribution < 1.29 is 13.2 Å². The molecule has 2 N–H and O–H groups in total. The van der Waals surface area contributed by atoms with Gasteiger partial charge in [0.1, 0.15) is 0 Å². The smallest absolute Gasteiger partial charge is 0.399 e. The molecule has 0 radical (unpaired) electrons. The van der Waals surface area contributed by atoms with Gasteiger partial charge in [-0.15, -0.1) is 0 Å². The van der Waals surface area contributed by atoms with Crippen LogP contribution in [0.25, 0.3) is 0 Å². The van der Waals surface area contributed by atoms with Crippen LogP contribution in [-0.2, 0) is 6.18 Å². The highest BCUT2D eigenvalue weighted by Crippen LogP contribution is 2.54. The van der Waals surface area contributed by atoms with Crippen molar-refractivity contribution in [3.8, 4) is 18.2 Å². The summed E-state index contributed by atoms with van der Waals surface area (Å²) in [6, 6.07) is 11.0. The molecule has 1 aromatic carbocycles. The third kappa shape index (κ3) is 3.12. The Morgan fingerprint density at radius 1 is 1.17 bits per heavy atom. The highest BCUT2D eigenvalue weighted by atomic mass is 19.4. The molecule has 0 saturated carbocycles. The number of fused-ring (bicyclic) bond motifs is 1. The number of nitrogens with zero attached hydrogens (tertiary/aromatic N) is 4. The first-order chi connectivity index (χ1) is 14.1. The number of alkyl halides is 3. The van der Waals surface area contributed by atoms with Crippen molar-refractivity contribution in [3.05, 3.63) is 58.3 Å². The molecule has 1 aromatic rings. The van der Waals surface area contributed by atoms with Crippen LogP contribution in [0.15, 0.2) is 47.2 Å². The van der Waals surface area contributed by atoms with Gasteiger partial charge >= 0.3 is 6.18 Å². The van der Waals surface area contributed by atoms with E-state index in [2.05, 4.69) is 0 Å². The van der Waals surface area contributed by atoms with Crippen LogP contribution in [0.2, 0.25) is 0 Å². The second kappa shape index (κ2) is 7.52. The zero-order valence-corrected chi connectivity index (χ0v) is 16.5. The molecule has 154 valence electrons. The monoisotopic (exact) mass is 411 g/mol. The molecule has 2 aliphatic rings. The lowest BCUT2D eigenvalue weighted by Gasteiger charge is -2.46. The van der Waals surface area contributed by atoms with Gasteiger partial charge < -0.3 is 5.73 Å². The third-order valence-electron chi connectivity index (χ3n) is 6.00. The molecule has 1 aliphatic carbocycles. The quantitative estimate of drug-likeness (QED) is 0.745. The Bertz CT molecular complexity index is 1030. The molecular weight excluding hydrogens is 391 g/mol. The Labute approximate surface area is 173 Å². The van der Waals surface area contributed by atoms with Crippen LogP contribution in [0, 0.1) is 45.3 Å². The summed E-state index contributed by atoms with van der Waals surface area (Å²) in [5, 5.41) is 29.6. The summed E-state index contributed by atoms with van der Waals surface area (Å²) in [5.74, 6) is -1.67. The number of benzene rings is 1. The molecule has 2 atom stereocenters. The van der Waals surface area contributed by atoms with Gasteiger partial charge in [-0.2, -0.15) is 29.0 Å². The number of nitriles is 3. The van der Waals surface area contributed by atoms with Crippen molar-refractivity contribution in [1.29, 1.82) is 15.8 Å². The Balaban J connectivity index is 2.36. The number of rotatable bonds is 2. The summed E-state index contributed by atoms with van der Waals surface area (Å²) < 4.78 is 41.4. The van der Waals surface area contributed by atoms with E-state index in [1.54, 1.807) is 6.08 Å². The zero-order valence-electron chi connectivity index (χ0n) is 16.5. The first-order valence-electron chi connectivity index (χ1n) is 9.45. The lowest BCUT2D eigenvalue weighted by Crippen LogP contribution is -2.49. The van der Waals surface area contributed by atoms with Crippen LogP contribution >= 0.6 is 0 Å². The Kier molecular flexibility index (Phi) is 5.37. The second-order valence-corrected chi connectivity index (χ2v) is 7.79. The zero-order chi connectivity index (χ0) is 22.3. The number of hydrogen-bond acceptors (Lipinski definition) is 5. The highest BCUT2D eigenvalue weighted by molar-refractivity contribution is 5.59. The minimum absolute atomic E-state index is 0.0736. The van der Waals surface area contributed by atoms with E-state index in [4.69, 9.17) is 5.73 Å². The highest BCUT2D eigenvalue weighted by Gasteiger charge is 2.53. The summed E-state index contributed by atoms with van der Waals surface area (Å²) >= 11 is 0. The topological polar surface area (TPSA) is 101 Å². The van der Waals surface area contributed by atoms with Crippen LogP contribution in [0.4, 0.5) is 13.2 Å². The van der Waals surface area contributed by atoms with Crippen molar-refractivity contribution >= 4 is 0 Å². The normalized spacial score (nSPS) is 23.8. The van der Waals surface area contributed by atoms with Crippen molar-refractivity contribution in [1.82, 2.24) is 4.90 Å². The average Bonchev–Trinajstić information content (AvgIpc) is 2.72. The van der Waals surface area contributed by atoms with E-state index in [9.17, 15) is 29.0 Å². The van der Waals surface area contributed by atoms with Crippen molar-refractivity contribution in [3.63, 3.8) is 0 Å². The van der Waals surface area contributed by atoms with E-state index in [1.165, 1.54) is 18.2 Å². The Hall–Kier alpha value is -3.28. The summed E-state index contributed by atoms with van der Waals surface area (Å²) in [6.45, 7) is 4.66. The van der Waals surface area contributed by atoms with Gasteiger partial charge in [0.2, 0.25) is 5.41 Å².